The molecule has 0 aliphatic carbocycles. The standard InChI is InChI=1S/C11H9F3N2OS/c12-11(13,14)17-8-3-1-7(2-4-8)9(15)10-16-5-6-18-10/h1-6,9H,15H2. The van der Waals surface area contributed by atoms with E-state index in [2.05, 4.69) is 9.72 Å². The molecule has 1 aromatic carbocycles. The maximum atomic E-state index is 12.0. The van der Waals surface area contributed by atoms with Crippen LogP contribution in [0.25, 0.3) is 0 Å². The van der Waals surface area contributed by atoms with Crippen LogP contribution in [0.4, 0.5) is 13.2 Å². The van der Waals surface area contributed by atoms with Crippen LogP contribution >= 0.6 is 11.3 Å². The summed E-state index contributed by atoms with van der Waals surface area (Å²) in [6.07, 6.45) is -3.06. The molecule has 18 heavy (non-hydrogen) atoms. The van der Waals surface area contributed by atoms with Crippen molar-refractivity contribution in [2.75, 3.05) is 0 Å². The lowest BCUT2D eigenvalue weighted by atomic mass is 10.1. The maximum absolute atomic E-state index is 12.0. The Morgan fingerprint density at radius 2 is 1.89 bits per heavy atom. The van der Waals surface area contributed by atoms with Crippen molar-refractivity contribution in [3.8, 4) is 5.75 Å². The number of halogens is 3. The van der Waals surface area contributed by atoms with Crippen LogP contribution in [0.2, 0.25) is 0 Å². The monoisotopic (exact) mass is 274 g/mol. The molecule has 0 aliphatic heterocycles. The minimum Gasteiger partial charge on any atom is -0.406 e. The molecule has 1 atom stereocenters. The van der Waals surface area contributed by atoms with E-state index in [1.807, 2.05) is 0 Å². The number of hydrogen-bond donors (Lipinski definition) is 1. The molecule has 3 nitrogen and oxygen atoms in total. The normalized spacial score (nSPS) is 13.3. The van der Waals surface area contributed by atoms with Gasteiger partial charge in [-0.3, -0.25) is 0 Å². The first kappa shape index (κ1) is 12.8. The number of nitrogens with two attached hydrogens (primary N) is 1. The Kier molecular flexibility index (Phi) is 3.53. The van der Waals surface area contributed by atoms with Crippen molar-refractivity contribution in [1.82, 2.24) is 4.98 Å². The molecule has 1 heterocycles. The van der Waals surface area contributed by atoms with Crippen LogP contribution in [-0.2, 0) is 0 Å². The van der Waals surface area contributed by atoms with E-state index >= 15 is 0 Å². The highest BCUT2D eigenvalue weighted by atomic mass is 32.1. The van der Waals surface area contributed by atoms with Gasteiger partial charge < -0.3 is 10.5 Å². The zero-order valence-corrected chi connectivity index (χ0v) is 9.83. The molecule has 0 spiro atoms. The SMILES string of the molecule is NC(c1ccc(OC(F)(F)F)cc1)c1nccs1. The number of thiazole rings is 1. The first-order valence-corrected chi connectivity index (χ1v) is 5.84. The second-order valence-electron chi connectivity index (χ2n) is 3.46. The minimum atomic E-state index is -4.68. The van der Waals surface area contributed by atoms with Crippen LogP contribution in [0.5, 0.6) is 5.75 Å². The summed E-state index contributed by atoms with van der Waals surface area (Å²) in [4.78, 5) is 4.06. The van der Waals surface area contributed by atoms with E-state index in [1.54, 1.807) is 11.6 Å². The third-order valence-corrected chi connectivity index (χ3v) is 3.05. The topological polar surface area (TPSA) is 48.1 Å². The van der Waals surface area contributed by atoms with Crippen molar-refractivity contribution in [2.24, 2.45) is 5.73 Å². The number of alkyl halides is 3. The fraction of sp³-hybridized carbons (Fsp3) is 0.182. The van der Waals surface area contributed by atoms with Gasteiger partial charge in [0.15, 0.2) is 0 Å². The Morgan fingerprint density at radius 1 is 1.22 bits per heavy atom. The number of rotatable bonds is 3. The minimum absolute atomic E-state index is 0.266. The van der Waals surface area contributed by atoms with Gasteiger partial charge in [-0.05, 0) is 17.7 Å². The van der Waals surface area contributed by atoms with Crippen LogP contribution in [0.1, 0.15) is 16.6 Å². The van der Waals surface area contributed by atoms with E-state index in [0.717, 1.165) is 0 Å². The van der Waals surface area contributed by atoms with Crippen molar-refractivity contribution >= 4 is 11.3 Å². The van der Waals surface area contributed by atoms with Gasteiger partial charge in [-0.25, -0.2) is 4.98 Å². The number of aromatic nitrogens is 1. The van der Waals surface area contributed by atoms with Crippen molar-refractivity contribution in [1.29, 1.82) is 0 Å². The molecule has 0 amide bonds. The highest BCUT2D eigenvalue weighted by molar-refractivity contribution is 7.09. The molecule has 1 aromatic heterocycles. The average molecular weight is 274 g/mol. The van der Waals surface area contributed by atoms with Crippen molar-refractivity contribution < 1.29 is 17.9 Å². The molecule has 0 bridgehead atoms. The average Bonchev–Trinajstić information content (AvgIpc) is 2.80. The second kappa shape index (κ2) is 4.95. The fourth-order valence-corrected chi connectivity index (χ4v) is 2.07. The molecule has 0 aliphatic rings. The van der Waals surface area contributed by atoms with Gasteiger partial charge in [-0.1, -0.05) is 12.1 Å². The van der Waals surface area contributed by atoms with Gasteiger partial charge in [0.05, 0.1) is 6.04 Å². The van der Waals surface area contributed by atoms with Gasteiger partial charge in [0, 0.05) is 11.6 Å². The van der Waals surface area contributed by atoms with Crippen LogP contribution in [0.3, 0.4) is 0 Å². The molecule has 2 N–H and O–H groups in total. The largest absolute Gasteiger partial charge is 0.573 e. The van der Waals surface area contributed by atoms with E-state index in [4.69, 9.17) is 5.73 Å². The Hall–Kier alpha value is -1.60. The third kappa shape index (κ3) is 3.21. The molecular weight excluding hydrogens is 265 g/mol. The van der Waals surface area contributed by atoms with E-state index in [0.29, 0.717) is 10.6 Å². The molecule has 96 valence electrons. The molecule has 0 fully saturated rings. The van der Waals surface area contributed by atoms with Gasteiger partial charge in [-0.15, -0.1) is 24.5 Å². The van der Waals surface area contributed by atoms with Crippen molar-refractivity contribution in [2.45, 2.75) is 12.4 Å². The number of hydrogen-bond acceptors (Lipinski definition) is 4. The lowest BCUT2D eigenvalue weighted by molar-refractivity contribution is -0.274. The molecular formula is C11H9F3N2OS. The molecule has 2 aromatic rings. The summed E-state index contributed by atoms with van der Waals surface area (Å²) in [5.41, 5.74) is 6.60. The van der Waals surface area contributed by atoms with Crippen molar-refractivity contribution in [3.05, 3.63) is 46.4 Å². The first-order valence-electron chi connectivity index (χ1n) is 4.96. The Morgan fingerprint density at radius 3 is 2.39 bits per heavy atom. The summed E-state index contributed by atoms with van der Waals surface area (Å²) in [5.74, 6) is -0.266. The zero-order chi connectivity index (χ0) is 13.2. The van der Waals surface area contributed by atoms with E-state index < -0.39 is 12.4 Å². The van der Waals surface area contributed by atoms with Crippen LogP contribution in [0, 0.1) is 0 Å². The number of ether oxygens (including phenoxy) is 1. The van der Waals surface area contributed by atoms with E-state index in [-0.39, 0.29) is 5.75 Å². The second-order valence-corrected chi connectivity index (χ2v) is 4.39. The molecule has 0 saturated carbocycles. The van der Waals surface area contributed by atoms with Gasteiger partial charge >= 0.3 is 6.36 Å². The fourth-order valence-electron chi connectivity index (χ4n) is 1.41. The maximum Gasteiger partial charge on any atom is 0.573 e. The summed E-state index contributed by atoms with van der Waals surface area (Å²) in [6, 6.07) is 5.01. The first-order chi connectivity index (χ1) is 8.46. The Balaban J connectivity index is 2.13. The summed E-state index contributed by atoms with van der Waals surface area (Å²) < 4.78 is 39.7. The Labute approximate surface area is 105 Å². The van der Waals surface area contributed by atoms with Gasteiger partial charge in [0.25, 0.3) is 0 Å². The van der Waals surface area contributed by atoms with Crippen LogP contribution in [0.15, 0.2) is 35.8 Å². The van der Waals surface area contributed by atoms with Crippen LogP contribution in [-0.4, -0.2) is 11.3 Å². The molecule has 1 unspecified atom stereocenters. The van der Waals surface area contributed by atoms with Crippen molar-refractivity contribution in [3.63, 3.8) is 0 Å². The molecule has 2 rings (SSSR count). The highest BCUT2D eigenvalue weighted by Crippen LogP contribution is 2.26. The smallest absolute Gasteiger partial charge is 0.406 e. The summed E-state index contributed by atoms with van der Waals surface area (Å²) in [5, 5.41) is 2.50. The van der Waals surface area contributed by atoms with E-state index in [9.17, 15) is 13.2 Å². The lowest BCUT2D eigenvalue weighted by Crippen LogP contribution is -2.17. The van der Waals surface area contributed by atoms with Crippen LogP contribution < -0.4 is 10.5 Å². The summed E-state index contributed by atoms with van der Waals surface area (Å²) in [7, 11) is 0. The van der Waals surface area contributed by atoms with Gasteiger partial charge in [0.2, 0.25) is 0 Å². The Bertz CT molecular complexity index is 496. The third-order valence-electron chi connectivity index (χ3n) is 2.19. The molecule has 0 saturated heterocycles. The number of nitrogens with zero attached hydrogens (tertiary/aromatic N) is 1. The molecule has 0 radical (unpaired) electrons. The predicted molar refractivity (Wildman–Crippen MR) is 61.3 cm³/mol. The molecule has 7 heteroatoms. The highest BCUT2D eigenvalue weighted by Gasteiger charge is 2.31. The number of benzene rings is 1. The summed E-state index contributed by atoms with van der Waals surface area (Å²) in [6.45, 7) is 0. The lowest BCUT2D eigenvalue weighted by Gasteiger charge is -2.11. The zero-order valence-electron chi connectivity index (χ0n) is 9.02. The quantitative estimate of drug-likeness (QED) is 0.935. The summed E-state index contributed by atoms with van der Waals surface area (Å²) >= 11 is 1.39. The predicted octanol–water partition coefficient (Wildman–Crippen LogP) is 3.09. The van der Waals surface area contributed by atoms with Gasteiger partial charge in [-0.2, -0.15) is 0 Å². The van der Waals surface area contributed by atoms with Gasteiger partial charge in [0.1, 0.15) is 10.8 Å². The van der Waals surface area contributed by atoms with E-state index in [1.165, 1.54) is 35.6 Å².